The second-order valence-electron chi connectivity index (χ2n) is 10.7. The number of amides is 3. The van der Waals surface area contributed by atoms with E-state index in [0.29, 0.717) is 54.6 Å². The van der Waals surface area contributed by atoms with Crippen LogP contribution in [0.5, 0.6) is 5.75 Å². The zero-order valence-corrected chi connectivity index (χ0v) is 25.2. The maximum absolute atomic E-state index is 14.1. The van der Waals surface area contributed by atoms with Gasteiger partial charge in [-0.25, -0.2) is 0 Å². The van der Waals surface area contributed by atoms with E-state index in [1.165, 1.54) is 0 Å². The van der Waals surface area contributed by atoms with Crippen molar-refractivity contribution in [1.29, 1.82) is 0 Å². The fourth-order valence-corrected chi connectivity index (χ4v) is 7.63. The minimum absolute atomic E-state index is 0.115. The van der Waals surface area contributed by atoms with Crippen molar-refractivity contribution in [2.24, 2.45) is 11.8 Å². The number of para-hydroxylation sites is 1. The van der Waals surface area contributed by atoms with Crippen LogP contribution in [0, 0.1) is 11.8 Å². The average Bonchev–Trinajstić information content (AvgIpc) is 3.54. The first-order chi connectivity index (χ1) is 19.8. The molecule has 6 atom stereocenters. The van der Waals surface area contributed by atoms with Crippen molar-refractivity contribution in [2.75, 3.05) is 30.4 Å². The number of nitrogens with zero attached hydrogens (tertiary/aromatic N) is 1. The van der Waals surface area contributed by atoms with E-state index in [9.17, 15) is 14.4 Å². The predicted molar refractivity (Wildman–Crippen MR) is 159 cm³/mol. The molecule has 2 bridgehead atoms. The molecule has 9 nitrogen and oxygen atoms in total. The van der Waals surface area contributed by atoms with Gasteiger partial charge in [0.25, 0.3) is 0 Å². The summed E-state index contributed by atoms with van der Waals surface area (Å²) in [6, 6.07) is 13.1. The van der Waals surface area contributed by atoms with Gasteiger partial charge in [0, 0.05) is 23.7 Å². The fourth-order valence-electron chi connectivity index (χ4n) is 6.51. The van der Waals surface area contributed by atoms with Gasteiger partial charge in [0.1, 0.15) is 17.4 Å². The molecule has 0 aromatic heterocycles. The molecule has 3 aliphatic rings. The number of aliphatic hydroxyl groups is 1. The third-order valence-electron chi connectivity index (χ3n) is 8.21. The average molecular weight is 649 g/mol. The lowest BCUT2D eigenvalue weighted by molar-refractivity contribution is -0.139. The quantitative estimate of drug-likeness (QED) is 0.229. The highest BCUT2D eigenvalue weighted by Crippen LogP contribution is 2.60. The van der Waals surface area contributed by atoms with E-state index < -0.39 is 35.5 Å². The van der Waals surface area contributed by atoms with E-state index in [2.05, 4.69) is 26.6 Å². The first-order valence-corrected chi connectivity index (χ1v) is 15.4. The summed E-state index contributed by atoms with van der Waals surface area (Å²) in [6.07, 6.45) is 2.82. The van der Waals surface area contributed by atoms with Gasteiger partial charge in [0.2, 0.25) is 17.7 Å². The van der Waals surface area contributed by atoms with Gasteiger partial charge in [-0.2, -0.15) is 0 Å². The number of carbonyl (C=O) groups is 3. The Balaban J connectivity index is 1.42. The Morgan fingerprint density at radius 2 is 1.83 bits per heavy atom. The molecule has 1 spiro atoms. The third-order valence-corrected chi connectivity index (χ3v) is 9.39. The number of benzene rings is 2. The number of aliphatic hydroxyl groups excluding tert-OH is 1. The molecule has 3 heterocycles. The van der Waals surface area contributed by atoms with Gasteiger partial charge < -0.3 is 30.1 Å². The zero-order chi connectivity index (χ0) is 29.1. The van der Waals surface area contributed by atoms with Crippen LogP contribution in [-0.4, -0.2) is 70.1 Å². The van der Waals surface area contributed by atoms with E-state index in [-0.39, 0.29) is 23.2 Å². The highest BCUT2D eigenvalue weighted by molar-refractivity contribution is 9.09. The number of nitrogens with one attached hydrogen (secondary N) is 2. The number of rotatable bonds is 12. The number of hydrogen-bond acceptors (Lipinski definition) is 6. The lowest BCUT2D eigenvalue weighted by Crippen LogP contribution is -2.54. The van der Waals surface area contributed by atoms with Gasteiger partial charge >= 0.3 is 0 Å². The second kappa shape index (κ2) is 12.7. The molecule has 3 unspecified atom stereocenters. The summed E-state index contributed by atoms with van der Waals surface area (Å²) in [5, 5.41) is 15.4. The first-order valence-electron chi connectivity index (χ1n) is 14.1. The highest BCUT2D eigenvalue weighted by Gasteiger charge is 2.76. The maximum Gasteiger partial charge on any atom is 0.250 e. The van der Waals surface area contributed by atoms with Gasteiger partial charge in [-0.3, -0.25) is 14.4 Å². The molecule has 3 saturated heterocycles. The standard InChI is InChI=1S/C30H35BrClN3O6/c1-2-40-19-13-11-18(12-14-19)33-27(37)23-24-29(39)35(15-7-3-4-8-16-36)26(30(24)17-20(31)25(23)41-30)28(38)34-22-10-6-5-9-21(22)32/h5-6,9-14,20,23-26,36H,2-4,7-8,15-17H2,1H3,(H,33,37)(H,34,38)/t20?,23-,24+,25-,26?,30?/m1/s1. The highest BCUT2D eigenvalue weighted by atomic mass is 79.9. The van der Waals surface area contributed by atoms with Crippen molar-refractivity contribution >= 4 is 56.6 Å². The molecule has 3 fully saturated rings. The van der Waals surface area contributed by atoms with Crippen LogP contribution >= 0.6 is 27.5 Å². The minimum atomic E-state index is -1.16. The minimum Gasteiger partial charge on any atom is -0.494 e. The second-order valence-corrected chi connectivity index (χ2v) is 12.3. The van der Waals surface area contributed by atoms with Crippen molar-refractivity contribution in [3.05, 3.63) is 53.6 Å². The summed E-state index contributed by atoms with van der Waals surface area (Å²) >= 11 is 10.0. The topological polar surface area (TPSA) is 117 Å². The van der Waals surface area contributed by atoms with Crippen LogP contribution in [0.4, 0.5) is 11.4 Å². The monoisotopic (exact) mass is 647 g/mol. The van der Waals surface area contributed by atoms with Crippen molar-refractivity contribution in [3.8, 4) is 5.75 Å². The van der Waals surface area contributed by atoms with E-state index in [4.69, 9.17) is 26.2 Å². The lowest BCUT2D eigenvalue weighted by atomic mass is 9.70. The van der Waals surface area contributed by atoms with Crippen LogP contribution < -0.4 is 15.4 Å². The molecule has 220 valence electrons. The van der Waals surface area contributed by atoms with Crippen LogP contribution in [0.1, 0.15) is 39.0 Å². The van der Waals surface area contributed by atoms with E-state index >= 15 is 0 Å². The Labute approximate surface area is 253 Å². The molecule has 3 N–H and O–H groups in total. The molecule has 2 aromatic carbocycles. The molecule has 3 amide bonds. The van der Waals surface area contributed by atoms with E-state index in [0.717, 1.165) is 12.8 Å². The summed E-state index contributed by atoms with van der Waals surface area (Å²) in [5.41, 5.74) is -0.129. The maximum atomic E-state index is 14.1. The molecular weight excluding hydrogens is 614 g/mol. The number of fused-ring (bicyclic) bond motifs is 1. The molecule has 11 heteroatoms. The SMILES string of the molecule is CCOc1ccc(NC(=O)[C@H]2[C@@H]3OC4(CC3Br)C(C(=O)Nc3ccccc3Cl)N(CCCCCCO)C(=O)[C@H]24)cc1. The lowest BCUT2D eigenvalue weighted by Gasteiger charge is -2.34. The Morgan fingerprint density at radius 3 is 2.54 bits per heavy atom. The Morgan fingerprint density at radius 1 is 1.10 bits per heavy atom. The molecule has 0 radical (unpaired) electrons. The number of hydrogen-bond donors (Lipinski definition) is 3. The molecule has 41 heavy (non-hydrogen) atoms. The van der Waals surface area contributed by atoms with Crippen LogP contribution in [0.25, 0.3) is 0 Å². The molecule has 0 aliphatic carbocycles. The van der Waals surface area contributed by atoms with Gasteiger partial charge in [-0.15, -0.1) is 0 Å². The molecule has 3 aliphatic heterocycles. The molecular formula is C30H35BrClN3O6. The van der Waals surface area contributed by atoms with Crippen LogP contribution in [0.15, 0.2) is 48.5 Å². The van der Waals surface area contributed by atoms with Crippen molar-refractivity contribution < 1.29 is 29.0 Å². The predicted octanol–water partition coefficient (Wildman–Crippen LogP) is 4.62. The fraction of sp³-hybridized carbons (Fsp3) is 0.500. The summed E-state index contributed by atoms with van der Waals surface area (Å²) in [5.74, 6) is -1.84. The van der Waals surface area contributed by atoms with E-state index in [1.54, 1.807) is 53.4 Å². The summed E-state index contributed by atoms with van der Waals surface area (Å²) in [4.78, 5) is 43.2. The van der Waals surface area contributed by atoms with Crippen LogP contribution in [0.3, 0.4) is 0 Å². The summed E-state index contributed by atoms with van der Waals surface area (Å²) in [7, 11) is 0. The van der Waals surface area contributed by atoms with Gasteiger partial charge in [-0.1, -0.05) is 52.5 Å². The third kappa shape index (κ3) is 5.71. The van der Waals surface area contributed by atoms with E-state index in [1.807, 2.05) is 6.92 Å². The molecule has 2 aromatic rings. The number of alkyl halides is 1. The number of halogens is 2. The zero-order valence-electron chi connectivity index (χ0n) is 22.9. The first kappa shape index (κ1) is 29.8. The normalized spacial score (nSPS) is 28.0. The summed E-state index contributed by atoms with van der Waals surface area (Å²) < 4.78 is 12.0. The Hall–Kier alpha value is -2.66. The Bertz CT molecular complexity index is 1280. The smallest absolute Gasteiger partial charge is 0.250 e. The number of ether oxygens (including phenoxy) is 2. The van der Waals surface area contributed by atoms with Gasteiger partial charge in [-0.05, 0) is 62.6 Å². The van der Waals surface area contributed by atoms with Gasteiger partial charge in [0.05, 0.1) is 35.3 Å². The van der Waals surface area contributed by atoms with Crippen molar-refractivity contribution in [1.82, 2.24) is 4.90 Å². The van der Waals surface area contributed by atoms with Crippen molar-refractivity contribution in [2.45, 2.75) is 61.6 Å². The van der Waals surface area contributed by atoms with Crippen molar-refractivity contribution in [3.63, 3.8) is 0 Å². The Kier molecular flexibility index (Phi) is 9.23. The number of anilines is 2. The van der Waals surface area contributed by atoms with Gasteiger partial charge in [0.15, 0.2) is 0 Å². The number of likely N-dealkylation sites (tertiary alicyclic amines) is 1. The van der Waals surface area contributed by atoms with Crippen LogP contribution in [0.2, 0.25) is 5.02 Å². The molecule has 0 saturated carbocycles. The number of unbranched alkanes of at least 4 members (excludes halogenated alkanes) is 3. The van der Waals surface area contributed by atoms with Crippen LogP contribution in [-0.2, 0) is 19.1 Å². The number of carbonyl (C=O) groups excluding carboxylic acids is 3. The molecule has 5 rings (SSSR count). The summed E-state index contributed by atoms with van der Waals surface area (Å²) in [6.45, 7) is 2.89. The largest absolute Gasteiger partial charge is 0.494 e.